The van der Waals surface area contributed by atoms with Crippen LogP contribution in [0.4, 0.5) is 0 Å². The zero-order valence-electron chi connectivity index (χ0n) is 13.5. The lowest BCUT2D eigenvalue weighted by molar-refractivity contribution is 0.768. The fourth-order valence-electron chi connectivity index (χ4n) is 2.55. The van der Waals surface area contributed by atoms with Gasteiger partial charge in [-0.2, -0.15) is 5.10 Å². The molecular weight excluding hydrogens is 380 g/mol. The van der Waals surface area contributed by atoms with E-state index in [1.807, 2.05) is 65.2 Å². The molecule has 0 spiro atoms. The highest BCUT2D eigenvalue weighted by atomic mass is 79.9. The number of halogens is 1. The van der Waals surface area contributed by atoms with Crippen molar-refractivity contribution in [1.29, 1.82) is 0 Å². The summed E-state index contributed by atoms with van der Waals surface area (Å²) < 4.78 is 6.81. The molecule has 0 fully saturated rings. The largest absolute Gasteiger partial charge is 0.307 e. The fraction of sp³-hybridized carbons (Fsp3) is 0.0556. The van der Waals surface area contributed by atoms with Crippen LogP contribution in [0.5, 0.6) is 0 Å². The lowest BCUT2D eigenvalue weighted by Gasteiger charge is -1.98. The molecule has 5 rings (SSSR count). The van der Waals surface area contributed by atoms with Crippen LogP contribution in [-0.2, 0) is 7.05 Å². The van der Waals surface area contributed by atoms with E-state index in [-0.39, 0.29) is 0 Å². The van der Waals surface area contributed by atoms with E-state index >= 15 is 0 Å². The van der Waals surface area contributed by atoms with Crippen molar-refractivity contribution in [3.63, 3.8) is 0 Å². The average molecular weight is 395 g/mol. The van der Waals surface area contributed by atoms with Crippen molar-refractivity contribution in [2.75, 3.05) is 0 Å². The molecule has 0 aliphatic carbocycles. The van der Waals surface area contributed by atoms with E-state index in [2.05, 4.69) is 43.1 Å². The molecule has 124 valence electrons. The third kappa shape index (κ3) is 3.32. The van der Waals surface area contributed by atoms with Gasteiger partial charge in [0.05, 0.1) is 6.20 Å². The van der Waals surface area contributed by atoms with Gasteiger partial charge in [0.1, 0.15) is 11.3 Å². The van der Waals surface area contributed by atoms with E-state index in [4.69, 9.17) is 0 Å². The standard InChI is InChI=1S/C11H10N4.C7H5BrN2/c1-14-8-10(7-13-14)9-2-4-15-5-3-12-11(15)6-9;8-6-1-3-10-4-2-9-7(10)5-6/h2-8H,1H3;1-5H. The van der Waals surface area contributed by atoms with Crippen LogP contribution in [-0.4, -0.2) is 28.5 Å². The van der Waals surface area contributed by atoms with Gasteiger partial charge in [0.15, 0.2) is 0 Å². The van der Waals surface area contributed by atoms with E-state index in [0.29, 0.717) is 0 Å². The highest BCUT2D eigenvalue weighted by Crippen LogP contribution is 2.19. The SMILES string of the molecule is Brc1ccn2ccnc2c1.Cn1cc(-c2ccn3ccnc3c2)cn1. The van der Waals surface area contributed by atoms with Crippen molar-refractivity contribution < 1.29 is 0 Å². The van der Waals surface area contributed by atoms with Crippen molar-refractivity contribution in [3.05, 3.63) is 78.3 Å². The third-order valence-electron chi connectivity index (χ3n) is 3.80. The van der Waals surface area contributed by atoms with Crippen LogP contribution in [0.1, 0.15) is 0 Å². The second-order valence-corrected chi connectivity index (χ2v) is 6.46. The minimum absolute atomic E-state index is 0.955. The second kappa shape index (κ2) is 6.52. The highest BCUT2D eigenvalue weighted by molar-refractivity contribution is 9.10. The van der Waals surface area contributed by atoms with Crippen molar-refractivity contribution >= 4 is 27.2 Å². The van der Waals surface area contributed by atoms with Crippen molar-refractivity contribution in [2.45, 2.75) is 0 Å². The number of imidazole rings is 2. The van der Waals surface area contributed by atoms with Gasteiger partial charge in [-0.05, 0) is 29.8 Å². The van der Waals surface area contributed by atoms with Gasteiger partial charge in [-0.25, -0.2) is 9.97 Å². The Morgan fingerprint density at radius 2 is 1.52 bits per heavy atom. The Morgan fingerprint density at radius 3 is 2.20 bits per heavy atom. The Bertz CT molecular complexity index is 1140. The molecule has 0 saturated carbocycles. The van der Waals surface area contributed by atoms with Crippen LogP contribution in [0, 0.1) is 0 Å². The van der Waals surface area contributed by atoms with E-state index in [1.54, 1.807) is 17.1 Å². The highest BCUT2D eigenvalue weighted by Gasteiger charge is 2.01. The molecule has 0 atom stereocenters. The number of pyridine rings is 2. The maximum absolute atomic E-state index is 4.25. The topological polar surface area (TPSA) is 52.4 Å². The van der Waals surface area contributed by atoms with Gasteiger partial charge in [-0.15, -0.1) is 0 Å². The average Bonchev–Trinajstić information content (AvgIpc) is 3.34. The maximum atomic E-state index is 4.25. The number of hydrogen-bond acceptors (Lipinski definition) is 3. The molecule has 6 nitrogen and oxygen atoms in total. The number of aryl methyl sites for hydroxylation is 1. The summed E-state index contributed by atoms with van der Waals surface area (Å²) in [6.45, 7) is 0. The molecule has 5 aromatic heterocycles. The van der Waals surface area contributed by atoms with Gasteiger partial charge in [-0.3, -0.25) is 4.68 Å². The summed E-state index contributed by atoms with van der Waals surface area (Å²) in [5, 5.41) is 4.15. The number of nitrogens with zero attached hydrogens (tertiary/aromatic N) is 6. The summed E-state index contributed by atoms with van der Waals surface area (Å²) in [5.74, 6) is 0. The van der Waals surface area contributed by atoms with Crippen LogP contribution >= 0.6 is 15.9 Å². The van der Waals surface area contributed by atoms with E-state index in [0.717, 1.165) is 26.9 Å². The normalized spacial score (nSPS) is 10.8. The molecule has 7 heteroatoms. The van der Waals surface area contributed by atoms with Crippen molar-refractivity contribution in [2.24, 2.45) is 7.05 Å². The third-order valence-corrected chi connectivity index (χ3v) is 4.29. The lowest BCUT2D eigenvalue weighted by Crippen LogP contribution is -1.85. The quantitative estimate of drug-likeness (QED) is 0.434. The smallest absolute Gasteiger partial charge is 0.137 e. The molecule has 0 N–H and O–H groups in total. The van der Waals surface area contributed by atoms with Crippen molar-refractivity contribution in [3.8, 4) is 11.1 Å². The first-order chi connectivity index (χ1) is 12.2. The first-order valence-electron chi connectivity index (χ1n) is 7.69. The Hall–Kier alpha value is -2.93. The number of hydrogen-bond donors (Lipinski definition) is 0. The zero-order valence-corrected chi connectivity index (χ0v) is 15.1. The molecule has 0 amide bonds. The molecular formula is C18H15BrN6. The van der Waals surface area contributed by atoms with Crippen LogP contribution in [0.25, 0.3) is 22.4 Å². The van der Waals surface area contributed by atoms with E-state index in [1.165, 1.54) is 0 Å². The van der Waals surface area contributed by atoms with Crippen LogP contribution in [0.3, 0.4) is 0 Å². The Balaban J connectivity index is 0.000000136. The molecule has 0 aromatic carbocycles. The van der Waals surface area contributed by atoms with Crippen LogP contribution in [0.15, 0.2) is 78.3 Å². The molecule has 0 aliphatic heterocycles. The van der Waals surface area contributed by atoms with Gasteiger partial charge in [0.2, 0.25) is 0 Å². The predicted molar refractivity (Wildman–Crippen MR) is 100 cm³/mol. The van der Waals surface area contributed by atoms with E-state index in [9.17, 15) is 0 Å². The van der Waals surface area contributed by atoms with Gasteiger partial charge in [0, 0.05) is 60.5 Å². The number of rotatable bonds is 1. The van der Waals surface area contributed by atoms with Crippen LogP contribution in [0.2, 0.25) is 0 Å². The first-order valence-corrected chi connectivity index (χ1v) is 8.48. The molecule has 0 unspecified atom stereocenters. The molecule has 0 aliphatic rings. The van der Waals surface area contributed by atoms with Crippen LogP contribution < -0.4 is 0 Å². The molecule has 0 radical (unpaired) electrons. The second-order valence-electron chi connectivity index (χ2n) is 5.55. The lowest BCUT2D eigenvalue weighted by atomic mass is 10.1. The minimum Gasteiger partial charge on any atom is -0.307 e. The summed E-state index contributed by atoms with van der Waals surface area (Å²) in [6.07, 6.45) is 15.2. The van der Waals surface area contributed by atoms with E-state index < -0.39 is 0 Å². The monoisotopic (exact) mass is 394 g/mol. The molecule has 5 heterocycles. The molecule has 25 heavy (non-hydrogen) atoms. The minimum atomic E-state index is 0.955. The zero-order chi connectivity index (χ0) is 17.2. The summed E-state index contributed by atoms with van der Waals surface area (Å²) >= 11 is 3.36. The fourth-order valence-corrected chi connectivity index (χ4v) is 2.87. The number of fused-ring (bicyclic) bond motifs is 2. The predicted octanol–water partition coefficient (Wildman–Crippen LogP) is 3.83. The Labute approximate surface area is 152 Å². The Morgan fingerprint density at radius 1 is 0.840 bits per heavy atom. The first kappa shape index (κ1) is 15.6. The summed E-state index contributed by atoms with van der Waals surface area (Å²) in [4.78, 5) is 8.36. The molecule has 5 aromatic rings. The Kier molecular flexibility index (Phi) is 4.07. The van der Waals surface area contributed by atoms with Gasteiger partial charge < -0.3 is 8.80 Å². The van der Waals surface area contributed by atoms with Gasteiger partial charge in [-0.1, -0.05) is 15.9 Å². The summed E-state index contributed by atoms with van der Waals surface area (Å²) in [5.41, 5.74) is 4.18. The summed E-state index contributed by atoms with van der Waals surface area (Å²) in [6, 6.07) is 8.07. The van der Waals surface area contributed by atoms with Gasteiger partial charge >= 0.3 is 0 Å². The van der Waals surface area contributed by atoms with Crippen molar-refractivity contribution in [1.82, 2.24) is 28.5 Å². The maximum Gasteiger partial charge on any atom is 0.137 e. The summed E-state index contributed by atoms with van der Waals surface area (Å²) in [7, 11) is 1.91. The molecule has 0 saturated heterocycles. The van der Waals surface area contributed by atoms with Gasteiger partial charge in [0.25, 0.3) is 0 Å². The number of aromatic nitrogens is 6. The molecule has 0 bridgehead atoms.